The molecule has 4 nitrogen and oxygen atoms in total. The molecule has 0 bridgehead atoms. The number of amides is 1. The average molecular weight is 320 g/mol. The molecule has 2 aromatic rings. The number of nitrogens with zero attached hydrogens (tertiary/aromatic N) is 1. The molecular formula is C20H20N2O2. The van der Waals surface area contributed by atoms with E-state index < -0.39 is 0 Å². The number of hydrogen-bond donors (Lipinski definition) is 1. The Balaban J connectivity index is 1.86. The number of ketones is 1. The van der Waals surface area contributed by atoms with Gasteiger partial charge in [0, 0.05) is 24.1 Å². The maximum atomic E-state index is 12.1. The molecule has 0 aromatic heterocycles. The average Bonchev–Trinajstić information content (AvgIpc) is 2.61. The largest absolute Gasteiger partial charge is 0.326 e. The summed E-state index contributed by atoms with van der Waals surface area (Å²) in [5.41, 5.74) is 2.89. The summed E-state index contributed by atoms with van der Waals surface area (Å²) < 4.78 is 0. The van der Waals surface area contributed by atoms with Crippen LogP contribution in [-0.2, 0) is 11.2 Å². The summed E-state index contributed by atoms with van der Waals surface area (Å²) in [6, 6.07) is 16.3. The second kappa shape index (κ2) is 8.64. The summed E-state index contributed by atoms with van der Waals surface area (Å²) in [7, 11) is 0. The molecule has 0 saturated heterocycles. The number of Topliss-reactive ketones (excluding diaryl/α,β-unsaturated/α-hetero) is 1. The van der Waals surface area contributed by atoms with Crippen molar-refractivity contribution in [3.63, 3.8) is 0 Å². The maximum absolute atomic E-state index is 12.1. The number of nitrogens with one attached hydrogen (secondary N) is 1. The van der Waals surface area contributed by atoms with Crippen LogP contribution in [0.2, 0.25) is 0 Å². The topological polar surface area (TPSA) is 70.0 Å². The van der Waals surface area contributed by atoms with E-state index in [0.29, 0.717) is 16.8 Å². The van der Waals surface area contributed by atoms with E-state index in [1.165, 1.54) is 5.56 Å². The van der Waals surface area contributed by atoms with Crippen molar-refractivity contribution in [3.8, 4) is 6.07 Å². The van der Waals surface area contributed by atoms with Gasteiger partial charge in [-0.05, 0) is 30.2 Å². The van der Waals surface area contributed by atoms with E-state index in [9.17, 15) is 9.59 Å². The molecule has 24 heavy (non-hydrogen) atoms. The summed E-state index contributed by atoms with van der Waals surface area (Å²) in [5, 5.41) is 11.6. The van der Waals surface area contributed by atoms with Gasteiger partial charge < -0.3 is 5.32 Å². The van der Waals surface area contributed by atoms with E-state index in [4.69, 9.17) is 5.26 Å². The molecule has 0 saturated carbocycles. The predicted octanol–water partition coefficient (Wildman–Crippen LogP) is 4.11. The first-order chi connectivity index (χ1) is 11.6. The molecule has 0 fully saturated rings. The second-order valence-corrected chi connectivity index (χ2v) is 5.61. The summed E-state index contributed by atoms with van der Waals surface area (Å²) >= 11 is 0. The van der Waals surface area contributed by atoms with Crippen molar-refractivity contribution in [2.75, 3.05) is 5.32 Å². The fourth-order valence-electron chi connectivity index (χ4n) is 2.41. The van der Waals surface area contributed by atoms with Crippen LogP contribution in [0, 0.1) is 11.3 Å². The molecule has 122 valence electrons. The monoisotopic (exact) mass is 320 g/mol. The van der Waals surface area contributed by atoms with Crippen LogP contribution in [0.25, 0.3) is 0 Å². The highest BCUT2D eigenvalue weighted by molar-refractivity contribution is 6.00. The lowest BCUT2D eigenvalue weighted by Gasteiger charge is -2.06. The Labute approximate surface area is 142 Å². The number of carbonyl (C=O) groups is 2. The molecular weight excluding hydrogens is 300 g/mol. The smallest absolute Gasteiger partial charge is 0.224 e. The van der Waals surface area contributed by atoms with Gasteiger partial charge in [-0.15, -0.1) is 0 Å². The molecule has 0 unspecified atom stereocenters. The molecule has 4 heteroatoms. The Kier molecular flexibility index (Phi) is 6.27. The van der Waals surface area contributed by atoms with Crippen molar-refractivity contribution in [2.24, 2.45) is 0 Å². The van der Waals surface area contributed by atoms with Crippen molar-refractivity contribution >= 4 is 17.4 Å². The number of rotatable bonds is 7. The minimum absolute atomic E-state index is 0.0426. The molecule has 2 aromatic carbocycles. The number of nitriles is 1. The van der Waals surface area contributed by atoms with Crippen LogP contribution in [0.1, 0.15) is 47.7 Å². The van der Waals surface area contributed by atoms with Gasteiger partial charge in [0.15, 0.2) is 5.78 Å². The minimum Gasteiger partial charge on any atom is -0.326 e. The Morgan fingerprint density at radius 1 is 1.08 bits per heavy atom. The zero-order chi connectivity index (χ0) is 17.4. The SMILES string of the molecule is CCCc1ccc(C(=O)CCC(=O)Nc2cccc(C#N)c2)cc1. The fraction of sp³-hybridized carbons (Fsp3) is 0.250. The number of carbonyl (C=O) groups excluding carboxylic acids is 2. The van der Waals surface area contributed by atoms with E-state index in [2.05, 4.69) is 12.2 Å². The molecule has 1 N–H and O–H groups in total. The Morgan fingerprint density at radius 2 is 1.83 bits per heavy atom. The Bertz CT molecular complexity index is 758. The lowest BCUT2D eigenvalue weighted by atomic mass is 10.0. The van der Waals surface area contributed by atoms with E-state index in [1.54, 1.807) is 24.3 Å². The van der Waals surface area contributed by atoms with Gasteiger partial charge in [0.2, 0.25) is 5.91 Å². The highest BCUT2D eigenvalue weighted by Gasteiger charge is 2.10. The molecule has 1 amide bonds. The number of hydrogen-bond acceptors (Lipinski definition) is 3. The van der Waals surface area contributed by atoms with Crippen LogP contribution < -0.4 is 5.32 Å². The van der Waals surface area contributed by atoms with E-state index in [-0.39, 0.29) is 24.5 Å². The molecule has 0 spiro atoms. The van der Waals surface area contributed by atoms with Crippen LogP contribution in [0.4, 0.5) is 5.69 Å². The lowest BCUT2D eigenvalue weighted by molar-refractivity contribution is -0.116. The number of benzene rings is 2. The van der Waals surface area contributed by atoms with Crippen molar-refractivity contribution < 1.29 is 9.59 Å². The van der Waals surface area contributed by atoms with E-state index >= 15 is 0 Å². The van der Waals surface area contributed by atoms with Crippen LogP contribution >= 0.6 is 0 Å². The third kappa shape index (κ3) is 5.06. The molecule has 0 atom stereocenters. The van der Waals surface area contributed by atoms with Crippen molar-refractivity contribution in [3.05, 3.63) is 65.2 Å². The Morgan fingerprint density at radius 3 is 2.50 bits per heavy atom. The molecule has 0 aliphatic heterocycles. The molecule has 0 aliphatic carbocycles. The zero-order valence-corrected chi connectivity index (χ0v) is 13.7. The first-order valence-electron chi connectivity index (χ1n) is 8.04. The Hall–Kier alpha value is -2.93. The van der Waals surface area contributed by atoms with Crippen LogP contribution in [0.15, 0.2) is 48.5 Å². The summed E-state index contributed by atoms with van der Waals surface area (Å²) in [6.07, 6.45) is 2.35. The summed E-state index contributed by atoms with van der Waals surface area (Å²) in [5.74, 6) is -0.278. The van der Waals surface area contributed by atoms with Gasteiger partial charge >= 0.3 is 0 Å². The zero-order valence-electron chi connectivity index (χ0n) is 13.7. The quantitative estimate of drug-likeness (QED) is 0.780. The predicted molar refractivity (Wildman–Crippen MR) is 93.8 cm³/mol. The number of aryl methyl sites for hydroxylation is 1. The molecule has 2 rings (SSSR count). The van der Waals surface area contributed by atoms with E-state index in [1.807, 2.05) is 30.3 Å². The van der Waals surface area contributed by atoms with Crippen LogP contribution in [-0.4, -0.2) is 11.7 Å². The first-order valence-corrected chi connectivity index (χ1v) is 8.04. The lowest BCUT2D eigenvalue weighted by Crippen LogP contribution is -2.13. The molecule has 0 aliphatic rings. The van der Waals surface area contributed by atoms with Crippen molar-refractivity contribution in [1.82, 2.24) is 0 Å². The fourth-order valence-corrected chi connectivity index (χ4v) is 2.41. The highest BCUT2D eigenvalue weighted by Crippen LogP contribution is 2.12. The van der Waals surface area contributed by atoms with Gasteiger partial charge in [0.05, 0.1) is 11.6 Å². The van der Waals surface area contributed by atoms with Gasteiger partial charge in [0.25, 0.3) is 0 Å². The van der Waals surface area contributed by atoms with Gasteiger partial charge in [-0.1, -0.05) is 43.7 Å². The molecule has 0 heterocycles. The van der Waals surface area contributed by atoms with Crippen molar-refractivity contribution in [1.29, 1.82) is 5.26 Å². The van der Waals surface area contributed by atoms with E-state index in [0.717, 1.165) is 12.8 Å². The highest BCUT2D eigenvalue weighted by atomic mass is 16.2. The van der Waals surface area contributed by atoms with Crippen LogP contribution in [0.5, 0.6) is 0 Å². The maximum Gasteiger partial charge on any atom is 0.224 e. The normalized spacial score (nSPS) is 10.0. The standard InChI is InChI=1S/C20H20N2O2/c1-2-4-15-7-9-17(10-8-15)19(23)11-12-20(24)22-18-6-3-5-16(13-18)14-21/h3,5-10,13H,2,4,11-12H2,1H3,(H,22,24). The summed E-state index contributed by atoms with van der Waals surface area (Å²) in [6.45, 7) is 2.12. The third-order valence-electron chi connectivity index (χ3n) is 3.67. The number of anilines is 1. The second-order valence-electron chi connectivity index (χ2n) is 5.61. The van der Waals surface area contributed by atoms with Crippen molar-refractivity contribution in [2.45, 2.75) is 32.6 Å². The first kappa shape index (κ1) is 17.4. The van der Waals surface area contributed by atoms with Gasteiger partial charge in [-0.3, -0.25) is 9.59 Å². The minimum atomic E-state index is -0.235. The van der Waals surface area contributed by atoms with Gasteiger partial charge in [-0.2, -0.15) is 5.26 Å². The van der Waals surface area contributed by atoms with Crippen LogP contribution in [0.3, 0.4) is 0 Å². The third-order valence-corrected chi connectivity index (χ3v) is 3.67. The molecule has 0 radical (unpaired) electrons. The van der Waals surface area contributed by atoms with Gasteiger partial charge in [-0.25, -0.2) is 0 Å². The summed E-state index contributed by atoms with van der Waals surface area (Å²) in [4.78, 5) is 24.1. The van der Waals surface area contributed by atoms with Gasteiger partial charge in [0.1, 0.15) is 0 Å².